The predicted molar refractivity (Wildman–Crippen MR) is 95.9 cm³/mol. The van der Waals surface area contributed by atoms with Gasteiger partial charge in [0.2, 0.25) is 5.91 Å². The SMILES string of the molecule is O=C(CNC(=O)c1ccccc1I)NCC(O)c1ccc(F)cc1. The molecule has 0 saturated heterocycles. The lowest BCUT2D eigenvalue weighted by Crippen LogP contribution is -2.38. The van der Waals surface area contributed by atoms with E-state index in [0.29, 0.717) is 11.1 Å². The van der Waals surface area contributed by atoms with E-state index in [1.807, 2.05) is 28.7 Å². The Morgan fingerprint density at radius 1 is 1.08 bits per heavy atom. The molecule has 126 valence electrons. The zero-order valence-corrected chi connectivity index (χ0v) is 14.8. The van der Waals surface area contributed by atoms with Crippen molar-refractivity contribution >= 4 is 34.4 Å². The molecule has 1 unspecified atom stereocenters. The molecule has 2 aromatic carbocycles. The first kappa shape index (κ1) is 18.3. The number of aliphatic hydroxyl groups excluding tert-OH is 1. The van der Waals surface area contributed by atoms with E-state index < -0.39 is 17.8 Å². The average molecular weight is 442 g/mol. The quantitative estimate of drug-likeness (QED) is 0.600. The normalized spacial score (nSPS) is 11.6. The van der Waals surface area contributed by atoms with E-state index in [4.69, 9.17) is 0 Å². The number of carbonyl (C=O) groups excluding carboxylic acids is 2. The molecule has 24 heavy (non-hydrogen) atoms. The molecule has 5 nitrogen and oxygen atoms in total. The van der Waals surface area contributed by atoms with Crippen molar-refractivity contribution in [3.05, 3.63) is 69.0 Å². The summed E-state index contributed by atoms with van der Waals surface area (Å²) < 4.78 is 13.6. The maximum absolute atomic E-state index is 12.8. The minimum Gasteiger partial charge on any atom is -0.387 e. The van der Waals surface area contributed by atoms with E-state index in [9.17, 15) is 19.1 Å². The second kappa shape index (κ2) is 8.74. The number of carbonyl (C=O) groups is 2. The lowest BCUT2D eigenvalue weighted by Gasteiger charge is -2.13. The van der Waals surface area contributed by atoms with E-state index in [-0.39, 0.29) is 19.0 Å². The molecular weight excluding hydrogens is 426 g/mol. The monoisotopic (exact) mass is 442 g/mol. The van der Waals surface area contributed by atoms with Crippen LogP contribution in [0.5, 0.6) is 0 Å². The highest BCUT2D eigenvalue weighted by molar-refractivity contribution is 14.1. The predicted octanol–water partition coefficient (Wildman–Crippen LogP) is 2.01. The van der Waals surface area contributed by atoms with Gasteiger partial charge in [0, 0.05) is 10.1 Å². The van der Waals surface area contributed by atoms with Gasteiger partial charge in [-0.25, -0.2) is 4.39 Å². The molecule has 1 atom stereocenters. The van der Waals surface area contributed by atoms with Crippen molar-refractivity contribution in [2.75, 3.05) is 13.1 Å². The maximum Gasteiger partial charge on any atom is 0.252 e. The molecule has 0 spiro atoms. The highest BCUT2D eigenvalue weighted by Gasteiger charge is 2.12. The lowest BCUT2D eigenvalue weighted by atomic mass is 10.1. The number of amides is 2. The van der Waals surface area contributed by atoms with Crippen molar-refractivity contribution < 1.29 is 19.1 Å². The number of benzene rings is 2. The summed E-state index contributed by atoms with van der Waals surface area (Å²) in [6, 6.07) is 12.4. The second-order valence-electron chi connectivity index (χ2n) is 5.03. The number of nitrogens with one attached hydrogen (secondary N) is 2. The van der Waals surface area contributed by atoms with Gasteiger partial charge in [0.05, 0.1) is 18.2 Å². The van der Waals surface area contributed by atoms with E-state index in [1.54, 1.807) is 18.2 Å². The molecule has 0 heterocycles. The molecular formula is C17H16FIN2O3. The molecule has 0 radical (unpaired) electrons. The first-order chi connectivity index (χ1) is 11.5. The Morgan fingerprint density at radius 2 is 1.75 bits per heavy atom. The van der Waals surface area contributed by atoms with Crippen LogP contribution in [0.25, 0.3) is 0 Å². The Kier molecular flexibility index (Phi) is 6.68. The largest absolute Gasteiger partial charge is 0.387 e. The molecule has 3 N–H and O–H groups in total. The fourth-order valence-electron chi connectivity index (χ4n) is 1.98. The molecule has 0 bridgehead atoms. The standard InChI is InChI=1S/C17H16FIN2O3/c18-12-7-5-11(6-8-12)15(22)9-20-16(23)10-21-17(24)13-3-1-2-4-14(13)19/h1-8,15,22H,9-10H2,(H,20,23)(H,21,24). The number of aliphatic hydroxyl groups is 1. The Hall–Kier alpha value is -2.00. The highest BCUT2D eigenvalue weighted by Crippen LogP contribution is 2.12. The van der Waals surface area contributed by atoms with Crippen LogP contribution >= 0.6 is 22.6 Å². The van der Waals surface area contributed by atoms with Crippen LogP contribution in [0.15, 0.2) is 48.5 Å². The molecule has 0 aliphatic carbocycles. The Labute approximate surface area is 152 Å². The van der Waals surface area contributed by atoms with Crippen LogP contribution in [0.1, 0.15) is 22.0 Å². The summed E-state index contributed by atoms with van der Waals surface area (Å²) >= 11 is 2.05. The van der Waals surface area contributed by atoms with Gasteiger partial charge in [-0.2, -0.15) is 0 Å². The Balaban J connectivity index is 1.78. The average Bonchev–Trinajstić information content (AvgIpc) is 2.58. The van der Waals surface area contributed by atoms with Gasteiger partial charge in [0.1, 0.15) is 5.82 Å². The highest BCUT2D eigenvalue weighted by atomic mass is 127. The van der Waals surface area contributed by atoms with Crippen LogP contribution in [-0.2, 0) is 4.79 Å². The van der Waals surface area contributed by atoms with Crippen LogP contribution in [0.4, 0.5) is 4.39 Å². The van der Waals surface area contributed by atoms with Crippen molar-refractivity contribution in [3.8, 4) is 0 Å². The smallest absolute Gasteiger partial charge is 0.252 e. The molecule has 0 fully saturated rings. The van der Waals surface area contributed by atoms with Crippen LogP contribution in [0.3, 0.4) is 0 Å². The summed E-state index contributed by atoms with van der Waals surface area (Å²) in [5.74, 6) is -1.15. The second-order valence-corrected chi connectivity index (χ2v) is 6.20. The third kappa shape index (κ3) is 5.27. The third-order valence-electron chi connectivity index (χ3n) is 3.28. The van der Waals surface area contributed by atoms with Gasteiger partial charge < -0.3 is 15.7 Å². The van der Waals surface area contributed by atoms with Crippen LogP contribution in [0.2, 0.25) is 0 Å². The van der Waals surface area contributed by atoms with Crippen molar-refractivity contribution in [1.29, 1.82) is 0 Å². The summed E-state index contributed by atoms with van der Waals surface area (Å²) in [6.45, 7) is -0.219. The van der Waals surface area contributed by atoms with Gasteiger partial charge in [-0.3, -0.25) is 9.59 Å². The number of rotatable bonds is 6. The van der Waals surface area contributed by atoms with Gasteiger partial charge in [0.15, 0.2) is 0 Å². The zero-order chi connectivity index (χ0) is 17.5. The van der Waals surface area contributed by atoms with Gasteiger partial charge in [-0.1, -0.05) is 24.3 Å². The van der Waals surface area contributed by atoms with E-state index in [2.05, 4.69) is 10.6 Å². The molecule has 7 heteroatoms. The molecule has 0 aliphatic rings. The van der Waals surface area contributed by atoms with Crippen molar-refractivity contribution in [2.45, 2.75) is 6.10 Å². The molecule has 2 rings (SSSR count). The molecule has 0 saturated carbocycles. The lowest BCUT2D eigenvalue weighted by molar-refractivity contribution is -0.120. The summed E-state index contributed by atoms with van der Waals surface area (Å²) in [5, 5.41) is 15.0. The molecule has 0 aliphatic heterocycles. The number of hydrogen-bond donors (Lipinski definition) is 3. The Bertz CT molecular complexity index is 722. The van der Waals surface area contributed by atoms with Crippen molar-refractivity contribution in [2.24, 2.45) is 0 Å². The van der Waals surface area contributed by atoms with Gasteiger partial charge >= 0.3 is 0 Å². The minimum absolute atomic E-state index is 0.0246. The molecule has 2 aromatic rings. The van der Waals surface area contributed by atoms with Crippen molar-refractivity contribution in [1.82, 2.24) is 10.6 Å². The molecule has 0 aromatic heterocycles. The van der Waals surface area contributed by atoms with Crippen LogP contribution in [-0.4, -0.2) is 30.0 Å². The maximum atomic E-state index is 12.8. The van der Waals surface area contributed by atoms with Gasteiger partial charge in [-0.15, -0.1) is 0 Å². The number of halogens is 2. The van der Waals surface area contributed by atoms with Gasteiger partial charge in [-0.05, 0) is 52.4 Å². The zero-order valence-electron chi connectivity index (χ0n) is 12.6. The fourth-order valence-corrected chi connectivity index (χ4v) is 2.61. The minimum atomic E-state index is -0.944. The van der Waals surface area contributed by atoms with Crippen LogP contribution in [0, 0.1) is 9.39 Å². The van der Waals surface area contributed by atoms with E-state index in [0.717, 1.165) is 3.57 Å². The van der Waals surface area contributed by atoms with Crippen molar-refractivity contribution in [3.63, 3.8) is 0 Å². The van der Waals surface area contributed by atoms with E-state index in [1.165, 1.54) is 24.3 Å². The summed E-state index contributed by atoms with van der Waals surface area (Å²) in [5.41, 5.74) is 0.997. The topological polar surface area (TPSA) is 78.4 Å². The first-order valence-electron chi connectivity index (χ1n) is 7.20. The van der Waals surface area contributed by atoms with Crippen LogP contribution < -0.4 is 10.6 Å². The summed E-state index contributed by atoms with van der Waals surface area (Å²) in [7, 11) is 0. The summed E-state index contributed by atoms with van der Waals surface area (Å²) in [6.07, 6.45) is -0.944. The van der Waals surface area contributed by atoms with E-state index >= 15 is 0 Å². The Morgan fingerprint density at radius 3 is 2.42 bits per heavy atom. The van der Waals surface area contributed by atoms with Gasteiger partial charge in [0.25, 0.3) is 5.91 Å². The number of hydrogen-bond acceptors (Lipinski definition) is 3. The first-order valence-corrected chi connectivity index (χ1v) is 8.28. The third-order valence-corrected chi connectivity index (χ3v) is 4.22. The molecule has 2 amide bonds. The fraction of sp³-hybridized carbons (Fsp3) is 0.176. The summed E-state index contributed by atoms with van der Waals surface area (Å²) in [4.78, 5) is 23.7.